The Hall–Kier alpha value is -0.680. The zero-order valence-electron chi connectivity index (χ0n) is 9.07. The van der Waals surface area contributed by atoms with Crippen LogP contribution >= 0.6 is 7.60 Å². The van der Waals surface area contributed by atoms with E-state index < -0.39 is 24.6 Å². The molecule has 1 N–H and O–H groups in total. The molecule has 0 saturated carbocycles. The van der Waals surface area contributed by atoms with Gasteiger partial charge in [-0.2, -0.15) is 0 Å². The third-order valence-corrected chi connectivity index (χ3v) is 4.48. The van der Waals surface area contributed by atoms with Crippen molar-refractivity contribution in [2.75, 3.05) is 11.9 Å². The minimum Gasteiger partial charge on any atom is -0.811 e. The average molecular weight is 276 g/mol. The topological polar surface area (TPSA) is 100 Å². The fourth-order valence-electron chi connectivity index (χ4n) is 1.30. The fraction of sp³-hybridized carbons (Fsp3) is 0.400. The van der Waals surface area contributed by atoms with Crippen LogP contribution in [0.2, 0.25) is 0 Å². The van der Waals surface area contributed by atoms with Gasteiger partial charge in [0, 0.05) is 5.75 Å². The Morgan fingerprint density at radius 1 is 1.24 bits per heavy atom. The molecule has 0 saturated heterocycles. The van der Waals surface area contributed by atoms with Crippen LogP contribution in [0.3, 0.4) is 0 Å². The molecule has 1 aromatic rings. The van der Waals surface area contributed by atoms with Crippen molar-refractivity contribution >= 4 is 18.4 Å². The summed E-state index contributed by atoms with van der Waals surface area (Å²) in [6.45, 7) is 0. The summed E-state index contributed by atoms with van der Waals surface area (Å²) in [4.78, 5) is 21.0. The normalized spacial score (nSPS) is 13.5. The Labute approximate surface area is 102 Å². The number of unbranched alkanes of at least 4 members (excludes halogenated alkanes) is 1. The first-order valence-electron chi connectivity index (χ1n) is 5.07. The van der Waals surface area contributed by atoms with Crippen molar-refractivity contribution < 1.29 is 23.7 Å². The quantitative estimate of drug-likeness (QED) is 0.590. The lowest BCUT2D eigenvalue weighted by Gasteiger charge is -2.29. The molecule has 1 unspecified atom stereocenters. The van der Waals surface area contributed by atoms with Gasteiger partial charge in [-0.05, 0) is 31.1 Å². The lowest BCUT2D eigenvalue weighted by atomic mass is 10.3. The molecule has 0 heterocycles. The van der Waals surface area contributed by atoms with Crippen molar-refractivity contribution in [2.45, 2.75) is 17.7 Å². The maximum absolute atomic E-state index is 11.7. The number of phenolic OH excluding ortho intramolecular Hbond substituents is 1. The molecule has 0 spiro atoms. The van der Waals surface area contributed by atoms with Gasteiger partial charge in [0.15, 0.2) is 0 Å². The van der Waals surface area contributed by atoms with Gasteiger partial charge in [-0.25, -0.2) is 0 Å². The van der Waals surface area contributed by atoms with E-state index in [4.69, 9.17) is 0 Å². The van der Waals surface area contributed by atoms with Crippen molar-refractivity contribution in [3.8, 4) is 5.75 Å². The second-order valence-electron chi connectivity index (χ2n) is 3.56. The summed E-state index contributed by atoms with van der Waals surface area (Å²) in [5, 5.41) is 9.43. The number of phenols is 1. The van der Waals surface area contributed by atoms with Gasteiger partial charge in [-0.3, -0.25) is 4.21 Å². The second kappa shape index (κ2) is 6.31. The predicted molar refractivity (Wildman–Crippen MR) is 61.1 cm³/mol. The monoisotopic (exact) mass is 276 g/mol. The van der Waals surface area contributed by atoms with Crippen LogP contribution < -0.4 is 9.79 Å². The first-order chi connectivity index (χ1) is 7.90. The molecule has 0 bridgehead atoms. The van der Waals surface area contributed by atoms with Crippen molar-refractivity contribution in [3.63, 3.8) is 0 Å². The second-order valence-corrected chi connectivity index (χ2v) is 6.77. The van der Waals surface area contributed by atoms with Crippen molar-refractivity contribution in [1.82, 2.24) is 0 Å². The highest BCUT2D eigenvalue weighted by molar-refractivity contribution is 7.85. The summed E-state index contributed by atoms with van der Waals surface area (Å²) in [5.41, 5.74) is 0. The molecule has 0 amide bonds. The lowest BCUT2D eigenvalue weighted by Crippen LogP contribution is -2.17. The van der Waals surface area contributed by atoms with Gasteiger partial charge >= 0.3 is 0 Å². The molecule has 0 radical (unpaired) electrons. The van der Waals surface area contributed by atoms with Crippen LogP contribution in [0.1, 0.15) is 12.8 Å². The molecule has 0 fully saturated rings. The molecule has 1 aromatic carbocycles. The van der Waals surface area contributed by atoms with Gasteiger partial charge in [0.1, 0.15) is 5.75 Å². The SMILES string of the molecule is O=S(CCCCP(=O)([O-])[O-])c1ccccc1O. The van der Waals surface area contributed by atoms with Crippen LogP contribution in [0.25, 0.3) is 0 Å². The first kappa shape index (κ1) is 14.4. The summed E-state index contributed by atoms with van der Waals surface area (Å²) in [6.07, 6.45) is 0.157. The summed E-state index contributed by atoms with van der Waals surface area (Å²) in [5.74, 6) is 0.196. The van der Waals surface area contributed by atoms with E-state index in [0.29, 0.717) is 11.3 Å². The van der Waals surface area contributed by atoms with Gasteiger partial charge < -0.3 is 19.5 Å². The number of rotatable bonds is 6. The number of para-hydroxylation sites is 1. The van der Waals surface area contributed by atoms with E-state index in [1.54, 1.807) is 18.2 Å². The highest BCUT2D eigenvalue weighted by atomic mass is 32.2. The lowest BCUT2D eigenvalue weighted by molar-refractivity contribution is -0.313. The maximum Gasteiger partial charge on any atom is 0.131 e. The maximum atomic E-state index is 11.7. The number of aromatic hydroxyl groups is 1. The molecule has 1 rings (SSSR count). The molecular formula is C10H13O5PS-2. The third-order valence-electron chi connectivity index (χ3n) is 2.12. The van der Waals surface area contributed by atoms with E-state index in [1.807, 2.05) is 0 Å². The molecule has 1 atom stereocenters. The van der Waals surface area contributed by atoms with E-state index in [1.165, 1.54) is 6.07 Å². The van der Waals surface area contributed by atoms with Gasteiger partial charge in [-0.15, -0.1) is 0 Å². The van der Waals surface area contributed by atoms with Crippen molar-refractivity contribution in [2.24, 2.45) is 0 Å². The predicted octanol–water partition coefficient (Wildman–Crippen LogP) is 0.194. The minimum atomic E-state index is -4.46. The van der Waals surface area contributed by atoms with E-state index >= 15 is 0 Å². The molecule has 7 heteroatoms. The van der Waals surface area contributed by atoms with Gasteiger partial charge in [-0.1, -0.05) is 19.7 Å². The molecule has 5 nitrogen and oxygen atoms in total. The third kappa shape index (κ3) is 5.46. The van der Waals surface area contributed by atoms with Crippen LogP contribution in [0.5, 0.6) is 5.75 Å². The van der Waals surface area contributed by atoms with Gasteiger partial charge in [0.25, 0.3) is 0 Å². The van der Waals surface area contributed by atoms with E-state index in [2.05, 4.69) is 0 Å². The van der Waals surface area contributed by atoms with Gasteiger partial charge in [0.05, 0.1) is 15.7 Å². The Kier molecular flexibility index (Phi) is 5.33. The molecule has 0 aliphatic rings. The highest BCUT2D eigenvalue weighted by Gasteiger charge is 2.07. The average Bonchev–Trinajstić information content (AvgIpc) is 2.23. The molecule has 0 aromatic heterocycles. The first-order valence-corrected chi connectivity index (χ1v) is 8.12. The summed E-state index contributed by atoms with van der Waals surface area (Å²) < 4.78 is 22.1. The number of hydrogen-bond acceptors (Lipinski definition) is 5. The van der Waals surface area contributed by atoms with Crippen molar-refractivity contribution in [3.05, 3.63) is 24.3 Å². The molecule has 0 aliphatic heterocycles. The Balaban J connectivity index is 2.41. The highest BCUT2D eigenvalue weighted by Crippen LogP contribution is 2.25. The summed E-state index contributed by atoms with van der Waals surface area (Å²) >= 11 is 0. The van der Waals surface area contributed by atoms with Crippen LogP contribution in [-0.2, 0) is 15.4 Å². The summed E-state index contributed by atoms with van der Waals surface area (Å²) in [6, 6.07) is 6.28. The van der Waals surface area contributed by atoms with Crippen molar-refractivity contribution in [1.29, 1.82) is 0 Å². The molecule has 96 valence electrons. The van der Waals surface area contributed by atoms with Gasteiger partial charge in [0.2, 0.25) is 0 Å². The van der Waals surface area contributed by atoms with E-state index in [-0.39, 0.29) is 17.9 Å². The number of hydrogen-bond donors (Lipinski definition) is 1. The zero-order chi connectivity index (χ0) is 12.9. The van der Waals surface area contributed by atoms with Crippen LogP contribution in [0.15, 0.2) is 29.2 Å². The zero-order valence-corrected chi connectivity index (χ0v) is 10.8. The summed E-state index contributed by atoms with van der Waals surface area (Å²) in [7, 11) is -5.82. The van der Waals surface area contributed by atoms with E-state index in [9.17, 15) is 23.7 Å². The standard InChI is InChI=1S/C10H15O5PS/c11-9-5-1-2-6-10(9)17(15)8-4-3-7-16(12,13)14/h1-2,5-6,11H,3-4,7-8H2,(H2,12,13,14)/p-2. The number of benzene rings is 1. The van der Waals surface area contributed by atoms with Crippen LogP contribution in [0, 0.1) is 0 Å². The molecule has 17 heavy (non-hydrogen) atoms. The minimum absolute atomic E-state index is 0.0378. The van der Waals surface area contributed by atoms with Crippen LogP contribution in [-0.4, -0.2) is 21.2 Å². The Morgan fingerprint density at radius 2 is 1.88 bits per heavy atom. The fourth-order valence-corrected chi connectivity index (χ4v) is 3.13. The largest absolute Gasteiger partial charge is 0.811 e. The molecule has 0 aliphatic carbocycles. The molecular weight excluding hydrogens is 263 g/mol. The Morgan fingerprint density at radius 3 is 2.47 bits per heavy atom. The smallest absolute Gasteiger partial charge is 0.131 e. The van der Waals surface area contributed by atoms with E-state index in [0.717, 1.165) is 0 Å². The van der Waals surface area contributed by atoms with Crippen LogP contribution in [0.4, 0.5) is 0 Å². The Bertz CT molecular complexity index is 442.